The lowest BCUT2D eigenvalue weighted by Crippen LogP contribution is -2.37. The van der Waals surface area contributed by atoms with Crippen molar-refractivity contribution in [1.82, 2.24) is 0 Å². The van der Waals surface area contributed by atoms with Crippen molar-refractivity contribution in [2.75, 3.05) is 31.2 Å². The molecular weight excluding hydrogens is 276 g/mol. The maximum atomic E-state index is 11.3. The number of nitro groups is 1. The Kier molecular flexibility index (Phi) is 3.87. The quantitative estimate of drug-likeness (QED) is 0.672. The number of hydrogen-bond donors (Lipinski definition) is 1. The minimum Gasteiger partial charge on any atom is -0.478 e. The Bertz CT molecular complexity index is 528. The van der Waals surface area contributed by atoms with Crippen LogP contribution in [0.25, 0.3) is 0 Å². The van der Waals surface area contributed by atoms with E-state index in [1.54, 1.807) is 4.90 Å². The van der Waals surface area contributed by atoms with E-state index in [0.717, 1.165) is 0 Å². The summed E-state index contributed by atoms with van der Waals surface area (Å²) >= 11 is 5.84. The topological polar surface area (TPSA) is 92.9 Å². The van der Waals surface area contributed by atoms with Crippen molar-refractivity contribution >= 4 is 28.9 Å². The van der Waals surface area contributed by atoms with Gasteiger partial charge in [0.1, 0.15) is 10.6 Å². The van der Waals surface area contributed by atoms with Crippen LogP contribution in [0.4, 0.5) is 11.4 Å². The predicted octanol–water partition coefficient (Wildman–Crippen LogP) is 1.78. The predicted molar refractivity (Wildman–Crippen MR) is 68.1 cm³/mol. The molecule has 1 fully saturated rings. The van der Waals surface area contributed by atoms with Gasteiger partial charge in [-0.25, -0.2) is 4.79 Å². The first-order chi connectivity index (χ1) is 9.02. The molecule has 2 rings (SSSR count). The van der Waals surface area contributed by atoms with Crippen LogP contribution in [0.5, 0.6) is 0 Å². The maximum Gasteiger partial charge on any atom is 0.339 e. The van der Waals surface area contributed by atoms with Gasteiger partial charge in [0.05, 0.1) is 23.8 Å². The lowest BCUT2D eigenvalue weighted by atomic mass is 10.1. The number of aromatic carboxylic acids is 1. The molecule has 1 aliphatic heterocycles. The summed E-state index contributed by atoms with van der Waals surface area (Å²) in [5.74, 6) is -1.28. The summed E-state index contributed by atoms with van der Waals surface area (Å²) in [6.07, 6.45) is 0. The summed E-state index contributed by atoms with van der Waals surface area (Å²) in [6, 6.07) is 2.64. The van der Waals surface area contributed by atoms with Crippen LogP contribution in [-0.2, 0) is 4.74 Å². The summed E-state index contributed by atoms with van der Waals surface area (Å²) in [5, 5.41) is 19.7. The van der Waals surface area contributed by atoms with Gasteiger partial charge < -0.3 is 14.7 Å². The van der Waals surface area contributed by atoms with Crippen molar-refractivity contribution in [3.05, 3.63) is 32.8 Å². The first-order valence-corrected chi connectivity index (χ1v) is 5.93. The number of benzene rings is 1. The van der Waals surface area contributed by atoms with Gasteiger partial charge in [0.15, 0.2) is 0 Å². The van der Waals surface area contributed by atoms with Gasteiger partial charge in [-0.2, -0.15) is 0 Å². The lowest BCUT2D eigenvalue weighted by molar-refractivity contribution is -0.384. The molecule has 102 valence electrons. The third kappa shape index (κ3) is 2.61. The molecule has 0 radical (unpaired) electrons. The monoisotopic (exact) mass is 286 g/mol. The van der Waals surface area contributed by atoms with Crippen LogP contribution >= 0.6 is 11.6 Å². The standard InChI is InChI=1S/C11H11ClN2O5/c12-10-8(14(17)18)2-1-7(9(10)11(15)16)13-3-5-19-6-4-13/h1-2H,3-6H2,(H,15,16). The molecule has 0 amide bonds. The zero-order chi connectivity index (χ0) is 14.0. The third-order valence-electron chi connectivity index (χ3n) is 2.86. The highest BCUT2D eigenvalue weighted by molar-refractivity contribution is 6.36. The van der Waals surface area contributed by atoms with Gasteiger partial charge >= 0.3 is 5.97 Å². The van der Waals surface area contributed by atoms with Gasteiger partial charge in [-0.15, -0.1) is 0 Å². The van der Waals surface area contributed by atoms with Gasteiger partial charge in [-0.1, -0.05) is 11.6 Å². The molecule has 0 atom stereocenters. The molecule has 0 bridgehead atoms. The molecular formula is C11H11ClN2O5. The second kappa shape index (κ2) is 5.41. The molecule has 0 spiro atoms. The van der Waals surface area contributed by atoms with Crippen molar-refractivity contribution in [2.45, 2.75) is 0 Å². The van der Waals surface area contributed by atoms with Crippen molar-refractivity contribution < 1.29 is 19.6 Å². The molecule has 1 aromatic carbocycles. The average molecular weight is 287 g/mol. The number of nitrogens with zero attached hydrogens (tertiary/aromatic N) is 2. The van der Waals surface area contributed by atoms with E-state index in [9.17, 15) is 20.0 Å². The minimum atomic E-state index is -1.28. The molecule has 19 heavy (non-hydrogen) atoms. The fourth-order valence-electron chi connectivity index (χ4n) is 1.97. The number of carboxylic acid groups (broad SMARTS) is 1. The minimum absolute atomic E-state index is 0.238. The third-order valence-corrected chi connectivity index (χ3v) is 3.24. The van der Waals surface area contributed by atoms with Crippen molar-refractivity contribution in [3.8, 4) is 0 Å². The number of carboxylic acids is 1. The molecule has 1 aliphatic rings. The van der Waals surface area contributed by atoms with Gasteiger partial charge in [0, 0.05) is 19.2 Å². The summed E-state index contributed by atoms with van der Waals surface area (Å²) in [7, 11) is 0. The average Bonchev–Trinajstić information content (AvgIpc) is 2.38. The van der Waals surface area contributed by atoms with Gasteiger partial charge in [-0.3, -0.25) is 10.1 Å². The van der Waals surface area contributed by atoms with E-state index in [1.165, 1.54) is 12.1 Å². The Balaban J connectivity index is 2.51. The maximum absolute atomic E-state index is 11.3. The van der Waals surface area contributed by atoms with Gasteiger partial charge in [-0.05, 0) is 6.07 Å². The van der Waals surface area contributed by atoms with Gasteiger partial charge in [0.25, 0.3) is 5.69 Å². The Hall–Kier alpha value is -1.86. The number of carbonyl (C=O) groups is 1. The van der Waals surface area contributed by atoms with Crippen LogP contribution in [0.15, 0.2) is 12.1 Å². The zero-order valence-corrected chi connectivity index (χ0v) is 10.6. The molecule has 0 saturated carbocycles. The first kappa shape index (κ1) is 13.6. The van der Waals surface area contributed by atoms with Crippen LogP contribution < -0.4 is 4.90 Å². The summed E-state index contributed by atoms with van der Waals surface area (Å²) in [5.41, 5.74) is -0.264. The Morgan fingerprint density at radius 3 is 2.58 bits per heavy atom. The smallest absolute Gasteiger partial charge is 0.339 e. The summed E-state index contributed by atoms with van der Waals surface area (Å²) < 4.78 is 5.18. The number of ether oxygens (including phenoxy) is 1. The van der Waals surface area contributed by atoms with E-state index in [1.807, 2.05) is 0 Å². The molecule has 0 aromatic heterocycles. The number of halogens is 1. The van der Waals surface area contributed by atoms with Crippen LogP contribution in [0.3, 0.4) is 0 Å². The highest BCUT2D eigenvalue weighted by Gasteiger charge is 2.27. The van der Waals surface area contributed by atoms with Crippen molar-refractivity contribution in [1.29, 1.82) is 0 Å². The lowest BCUT2D eigenvalue weighted by Gasteiger charge is -2.30. The van der Waals surface area contributed by atoms with Crippen LogP contribution in [0.1, 0.15) is 10.4 Å². The number of anilines is 1. The Morgan fingerprint density at radius 2 is 2.05 bits per heavy atom. The van der Waals surface area contributed by atoms with Gasteiger partial charge in [0.2, 0.25) is 0 Å². The number of morpholine rings is 1. The molecule has 0 unspecified atom stereocenters. The number of nitro benzene ring substituents is 1. The van der Waals surface area contributed by atoms with E-state index in [0.29, 0.717) is 32.0 Å². The summed E-state index contributed by atoms with van der Waals surface area (Å²) in [4.78, 5) is 23.2. The van der Waals surface area contributed by atoms with E-state index < -0.39 is 16.6 Å². The summed E-state index contributed by atoms with van der Waals surface area (Å²) in [6.45, 7) is 2.00. The number of hydrogen-bond acceptors (Lipinski definition) is 5. The second-order valence-corrected chi connectivity index (χ2v) is 4.33. The molecule has 1 N–H and O–H groups in total. The molecule has 0 aliphatic carbocycles. The van der Waals surface area contributed by atoms with E-state index in [2.05, 4.69) is 0 Å². The molecule has 1 heterocycles. The van der Waals surface area contributed by atoms with Crippen molar-refractivity contribution in [2.24, 2.45) is 0 Å². The van der Waals surface area contributed by atoms with Crippen LogP contribution in [0.2, 0.25) is 5.02 Å². The fourth-order valence-corrected chi connectivity index (χ4v) is 2.28. The zero-order valence-electron chi connectivity index (χ0n) is 9.84. The molecule has 1 aromatic rings. The highest BCUT2D eigenvalue weighted by Crippen LogP contribution is 2.35. The normalized spacial score (nSPS) is 15.3. The van der Waals surface area contributed by atoms with E-state index >= 15 is 0 Å². The molecule has 7 nitrogen and oxygen atoms in total. The highest BCUT2D eigenvalue weighted by atomic mass is 35.5. The number of rotatable bonds is 3. The van der Waals surface area contributed by atoms with Crippen molar-refractivity contribution in [3.63, 3.8) is 0 Å². The van der Waals surface area contributed by atoms with Crippen LogP contribution in [-0.4, -0.2) is 42.3 Å². The Labute approximate surface area is 113 Å². The molecule has 8 heteroatoms. The second-order valence-electron chi connectivity index (χ2n) is 3.95. The van der Waals surface area contributed by atoms with E-state index in [4.69, 9.17) is 16.3 Å². The molecule has 1 saturated heterocycles. The largest absolute Gasteiger partial charge is 0.478 e. The fraction of sp³-hybridized carbons (Fsp3) is 0.364. The van der Waals surface area contributed by atoms with Crippen LogP contribution in [0, 0.1) is 10.1 Å². The SMILES string of the molecule is O=C(O)c1c(N2CCOCC2)ccc([N+](=O)[O-])c1Cl. The van der Waals surface area contributed by atoms with E-state index in [-0.39, 0.29) is 10.6 Å². The first-order valence-electron chi connectivity index (χ1n) is 5.55. The Morgan fingerprint density at radius 1 is 1.42 bits per heavy atom.